The first-order chi connectivity index (χ1) is 9.22. The highest BCUT2D eigenvalue weighted by molar-refractivity contribution is 5.46. The van der Waals surface area contributed by atoms with Crippen LogP contribution in [-0.4, -0.2) is 4.98 Å². The molecule has 0 atom stereocenters. The van der Waals surface area contributed by atoms with Gasteiger partial charge in [0.15, 0.2) is 0 Å². The van der Waals surface area contributed by atoms with E-state index in [0.29, 0.717) is 5.92 Å². The van der Waals surface area contributed by atoms with Crippen molar-refractivity contribution in [3.05, 3.63) is 28.1 Å². The molecule has 0 aliphatic heterocycles. The van der Waals surface area contributed by atoms with Crippen LogP contribution < -0.4 is 0 Å². The van der Waals surface area contributed by atoms with Gasteiger partial charge in [-0.05, 0) is 61.1 Å². The third-order valence-corrected chi connectivity index (χ3v) is 4.30. The molecule has 19 heavy (non-hydrogen) atoms. The van der Waals surface area contributed by atoms with Crippen molar-refractivity contribution < 1.29 is 0 Å². The summed E-state index contributed by atoms with van der Waals surface area (Å²) in [7, 11) is 0. The Kier molecular flexibility index (Phi) is 4.65. The maximum atomic E-state index is 5.05. The van der Waals surface area contributed by atoms with Gasteiger partial charge in [0.1, 0.15) is 0 Å². The van der Waals surface area contributed by atoms with Gasteiger partial charge in [0, 0.05) is 17.3 Å². The number of pyridine rings is 1. The third-order valence-electron chi connectivity index (χ3n) is 4.30. The number of rotatable bonds is 3. The monoisotopic (exact) mass is 259 g/mol. The van der Waals surface area contributed by atoms with Gasteiger partial charge >= 0.3 is 0 Å². The van der Waals surface area contributed by atoms with E-state index in [9.17, 15) is 0 Å². The van der Waals surface area contributed by atoms with Crippen LogP contribution in [0.5, 0.6) is 0 Å². The molecule has 2 aliphatic carbocycles. The molecular weight excluding hydrogens is 230 g/mol. The molecule has 1 fully saturated rings. The minimum Gasteiger partial charge on any atom is -0.257 e. The largest absolute Gasteiger partial charge is 0.257 e. The summed E-state index contributed by atoms with van der Waals surface area (Å²) < 4.78 is 0. The topological polar surface area (TPSA) is 12.9 Å². The number of fused-ring (bicyclic) bond motifs is 1. The molecule has 3 rings (SSSR count). The Morgan fingerprint density at radius 1 is 1.16 bits per heavy atom. The van der Waals surface area contributed by atoms with Crippen molar-refractivity contribution in [1.29, 1.82) is 0 Å². The standard InChI is InChI=1S/C16H23N.C2H6/c1-4-12-13-6-5-7-14(13)17-16(11-8-9-11)15(12)10(2)3;1-2/h10-11H,4-9H2,1-3H3;1-2H3. The van der Waals surface area contributed by atoms with Crippen molar-refractivity contribution >= 4 is 0 Å². The summed E-state index contributed by atoms with van der Waals surface area (Å²) in [5, 5.41) is 0. The lowest BCUT2D eigenvalue weighted by Gasteiger charge is -2.20. The lowest BCUT2D eigenvalue weighted by molar-refractivity contribution is 0.787. The second kappa shape index (κ2) is 6.07. The average molecular weight is 259 g/mol. The number of aryl methyl sites for hydroxylation is 1. The number of hydrogen-bond donors (Lipinski definition) is 0. The molecule has 1 aromatic rings. The van der Waals surface area contributed by atoms with Crippen LogP contribution in [0.1, 0.15) is 93.8 Å². The molecular formula is C18H29N. The fraction of sp³-hybridized carbons (Fsp3) is 0.722. The molecule has 1 aromatic heterocycles. The fourth-order valence-electron chi connectivity index (χ4n) is 3.42. The second-order valence-electron chi connectivity index (χ2n) is 5.95. The van der Waals surface area contributed by atoms with E-state index in [4.69, 9.17) is 4.98 Å². The van der Waals surface area contributed by atoms with Crippen LogP contribution in [0, 0.1) is 0 Å². The van der Waals surface area contributed by atoms with Crippen LogP contribution >= 0.6 is 0 Å². The number of aromatic nitrogens is 1. The van der Waals surface area contributed by atoms with Crippen LogP contribution in [0.4, 0.5) is 0 Å². The van der Waals surface area contributed by atoms with E-state index in [0.717, 1.165) is 5.92 Å². The molecule has 0 aromatic carbocycles. The van der Waals surface area contributed by atoms with E-state index in [1.165, 1.54) is 49.9 Å². The first-order valence-corrected chi connectivity index (χ1v) is 8.26. The molecule has 1 nitrogen and oxygen atoms in total. The van der Waals surface area contributed by atoms with Gasteiger partial charge in [-0.1, -0.05) is 34.6 Å². The van der Waals surface area contributed by atoms with Crippen LogP contribution in [0.15, 0.2) is 0 Å². The van der Waals surface area contributed by atoms with Crippen LogP contribution in [0.3, 0.4) is 0 Å². The van der Waals surface area contributed by atoms with Gasteiger partial charge in [-0.3, -0.25) is 4.98 Å². The minimum atomic E-state index is 0.638. The van der Waals surface area contributed by atoms with Crippen molar-refractivity contribution in [2.75, 3.05) is 0 Å². The van der Waals surface area contributed by atoms with Gasteiger partial charge in [-0.2, -0.15) is 0 Å². The quantitative estimate of drug-likeness (QED) is 0.730. The molecule has 0 N–H and O–H groups in total. The fourth-order valence-corrected chi connectivity index (χ4v) is 3.42. The Bertz CT molecular complexity index is 441. The first-order valence-electron chi connectivity index (χ1n) is 8.26. The van der Waals surface area contributed by atoms with Crippen LogP contribution in [0.2, 0.25) is 0 Å². The maximum Gasteiger partial charge on any atom is 0.0475 e. The zero-order chi connectivity index (χ0) is 14.0. The summed E-state index contributed by atoms with van der Waals surface area (Å²) in [6, 6.07) is 0. The number of nitrogens with zero attached hydrogens (tertiary/aromatic N) is 1. The lowest BCUT2D eigenvalue weighted by atomic mass is 9.88. The Morgan fingerprint density at radius 3 is 2.37 bits per heavy atom. The van der Waals surface area contributed by atoms with Gasteiger partial charge in [-0.25, -0.2) is 0 Å². The smallest absolute Gasteiger partial charge is 0.0475 e. The van der Waals surface area contributed by atoms with Gasteiger partial charge in [0.25, 0.3) is 0 Å². The Hall–Kier alpha value is -0.850. The van der Waals surface area contributed by atoms with E-state index in [1.807, 2.05) is 13.8 Å². The van der Waals surface area contributed by atoms with Gasteiger partial charge < -0.3 is 0 Å². The first kappa shape index (κ1) is 14.6. The lowest BCUT2D eigenvalue weighted by Crippen LogP contribution is -2.09. The number of hydrogen-bond acceptors (Lipinski definition) is 1. The van der Waals surface area contributed by atoms with E-state index in [1.54, 1.807) is 16.7 Å². The van der Waals surface area contributed by atoms with Gasteiger partial charge in [-0.15, -0.1) is 0 Å². The van der Waals surface area contributed by atoms with Crippen LogP contribution in [0.25, 0.3) is 0 Å². The summed E-state index contributed by atoms with van der Waals surface area (Å²) in [6.07, 6.45) is 7.75. The molecule has 0 unspecified atom stereocenters. The summed E-state index contributed by atoms with van der Waals surface area (Å²) >= 11 is 0. The zero-order valence-electron chi connectivity index (χ0n) is 13.3. The van der Waals surface area contributed by atoms with Crippen LogP contribution in [-0.2, 0) is 19.3 Å². The Balaban J connectivity index is 0.000000637. The second-order valence-corrected chi connectivity index (χ2v) is 5.95. The third kappa shape index (κ3) is 2.70. The maximum absolute atomic E-state index is 5.05. The molecule has 0 spiro atoms. The molecule has 0 radical (unpaired) electrons. The SMILES string of the molecule is CC.CCc1c2c(nc(C3CC3)c1C(C)C)CCC2. The molecule has 1 heterocycles. The van der Waals surface area contributed by atoms with E-state index < -0.39 is 0 Å². The normalized spacial score (nSPS) is 17.2. The van der Waals surface area contributed by atoms with Gasteiger partial charge in [0.05, 0.1) is 0 Å². The summed E-state index contributed by atoms with van der Waals surface area (Å²) in [5.41, 5.74) is 7.78. The molecule has 0 bridgehead atoms. The van der Waals surface area contributed by atoms with Crippen molar-refractivity contribution in [2.24, 2.45) is 0 Å². The summed E-state index contributed by atoms with van der Waals surface area (Å²) in [4.78, 5) is 5.05. The Morgan fingerprint density at radius 2 is 1.84 bits per heavy atom. The van der Waals surface area contributed by atoms with Gasteiger partial charge in [0.2, 0.25) is 0 Å². The summed E-state index contributed by atoms with van der Waals surface area (Å²) in [6.45, 7) is 11.0. The van der Waals surface area contributed by atoms with E-state index in [2.05, 4.69) is 20.8 Å². The molecule has 2 aliphatic rings. The molecule has 1 heteroatoms. The highest BCUT2D eigenvalue weighted by Crippen LogP contribution is 2.45. The molecule has 0 saturated heterocycles. The highest BCUT2D eigenvalue weighted by atomic mass is 14.8. The zero-order valence-corrected chi connectivity index (χ0v) is 13.3. The minimum absolute atomic E-state index is 0.638. The molecule has 1 saturated carbocycles. The van der Waals surface area contributed by atoms with E-state index >= 15 is 0 Å². The van der Waals surface area contributed by atoms with E-state index in [-0.39, 0.29) is 0 Å². The average Bonchev–Trinajstić information content (AvgIpc) is 3.17. The predicted octanol–water partition coefficient (Wildman–Crippen LogP) is 5.16. The van der Waals surface area contributed by atoms with Crippen molar-refractivity contribution in [2.45, 2.75) is 85.0 Å². The molecule has 106 valence electrons. The predicted molar refractivity (Wildman–Crippen MR) is 83.1 cm³/mol. The van der Waals surface area contributed by atoms with Crippen molar-refractivity contribution in [3.8, 4) is 0 Å². The highest BCUT2D eigenvalue weighted by Gasteiger charge is 2.32. The summed E-state index contributed by atoms with van der Waals surface area (Å²) in [5.74, 6) is 1.43. The molecule has 0 amide bonds. The Labute approximate surface area is 118 Å². The van der Waals surface area contributed by atoms with Crippen molar-refractivity contribution in [3.63, 3.8) is 0 Å². The van der Waals surface area contributed by atoms with Crippen molar-refractivity contribution in [1.82, 2.24) is 4.98 Å².